The van der Waals surface area contributed by atoms with Crippen LogP contribution in [0.25, 0.3) is 0 Å². The van der Waals surface area contributed by atoms with Gasteiger partial charge in [-0.05, 0) is 36.6 Å². The monoisotopic (exact) mass is 405 g/mol. The first-order valence-corrected chi connectivity index (χ1v) is 10.7. The van der Waals surface area contributed by atoms with Crippen LogP contribution in [0.3, 0.4) is 0 Å². The zero-order valence-corrected chi connectivity index (χ0v) is 15.8. The van der Waals surface area contributed by atoms with Crippen LogP contribution in [0.5, 0.6) is 0 Å². The van der Waals surface area contributed by atoms with Crippen LogP contribution in [0.15, 0.2) is 54.6 Å². The van der Waals surface area contributed by atoms with Crippen LogP contribution < -0.4 is 5.32 Å². The van der Waals surface area contributed by atoms with Crippen molar-refractivity contribution >= 4 is 27.4 Å². The van der Waals surface area contributed by atoms with Gasteiger partial charge in [0.1, 0.15) is 5.82 Å². The lowest BCUT2D eigenvalue weighted by molar-refractivity contribution is -0.155. The molecular weight excluding hydrogens is 385 g/mol. The first kappa shape index (κ1) is 20.0. The number of esters is 1. The van der Waals surface area contributed by atoms with E-state index in [-0.39, 0.29) is 23.8 Å². The highest BCUT2D eigenvalue weighted by Gasteiger charge is 2.32. The normalized spacial score (nSPS) is 19.0. The van der Waals surface area contributed by atoms with E-state index in [2.05, 4.69) is 5.32 Å². The molecule has 3 rings (SSSR count). The van der Waals surface area contributed by atoms with Crippen LogP contribution in [-0.4, -0.2) is 31.8 Å². The summed E-state index contributed by atoms with van der Waals surface area (Å²) in [5.41, 5.74) is 0.847. The fraction of sp³-hybridized carbons (Fsp3) is 0.300. The average molecular weight is 405 g/mol. The number of sulfone groups is 1. The first-order chi connectivity index (χ1) is 13.3. The van der Waals surface area contributed by atoms with E-state index in [9.17, 15) is 22.4 Å². The standard InChI is InChI=1S/C20H20FNO5S/c21-16-6-8-17(9-7-16)22-20(24)19(15-4-2-1-3-5-15)27-18(23)12-14-10-11-28(25,26)13-14/h1-9,14,19H,10-13H2,(H,22,24)/t14-,19-/m0/s1. The van der Waals surface area contributed by atoms with Crippen molar-refractivity contribution in [1.29, 1.82) is 0 Å². The fourth-order valence-electron chi connectivity index (χ4n) is 3.09. The molecule has 28 heavy (non-hydrogen) atoms. The summed E-state index contributed by atoms with van der Waals surface area (Å²) in [5.74, 6) is -1.92. The molecule has 8 heteroatoms. The van der Waals surface area contributed by atoms with Gasteiger partial charge in [0.15, 0.2) is 9.84 Å². The number of rotatable bonds is 6. The van der Waals surface area contributed by atoms with E-state index in [1.807, 2.05) is 0 Å². The van der Waals surface area contributed by atoms with E-state index in [1.165, 1.54) is 24.3 Å². The molecule has 1 aliphatic heterocycles. The third kappa shape index (κ3) is 5.39. The molecule has 2 atom stereocenters. The number of halogens is 1. The largest absolute Gasteiger partial charge is 0.447 e. The summed E-state index contributed by atoms with van der Waals surface area (Å²) >= 11 is 0. The second-order valence-electron chi connectivity index (χ2n) is 6.75. The SMILES string of the molecule is O=C(C[C@@H]1CCS(=O)(=O)C1)O[C@H](C(=O)Nc1ccc(F)cc1)c1ccccc1. The van der Waals surface area contributed by atoms with Gasteiger partial charge in [-0.15, -0.1) is 0 Å². The smallest absolute Gasteiger partial charge is 0.307 e. The van der Waals surface area contributed by atoms with E-state index in [1.54, 1.807) is 30.3 Å². The molecule has 1 amide bonds. The Labute approximate surface area is 162 Å². The lowest BCUT2D eigenvalue weighted by Crippen LogP contribution is -2.26. The van der Waals surface area contributed by atoms with Crippen LogP contribution in [-0.2, 0) is 24.2 Å². The Kier molecular flexibility index (Phi) is 6.08. The highest BCUT2D eigenvalue weighted by Crippen LogP contribution is 2.25. The van der Waals surface area contributed by atoms with Crippen molar-refractivity contribution < 1.29 is 27.1 Å². The van der Waals surface area contributed by atoms with Crippen LogP contribution in [0.4, 0.5) is 10.1 Å². The van der Waals surface area contributed by atoms with Crippen molar-refractivity contribution in [3.63, 3.8) is 0 Å². The molecular formula is C20H20FNO5S. The van der Waals surface area contributed by atoms with Gasteiger partial charge in [-0.25, -0.2) is 12.8 Å². The summed E-state index contributed by atoms with van der Waals surface area (Å²) in [6.07, 6.45) is -0.849. The van der Waals surface area contributed by atoms with Gasteiger partial charge < -0.3 is 10.1 Å². The predicted octanol–water partition coefficient (Wildman–Crippen LogP) is 2.87. The maximum absolute atomic E-state index is 13.0. The predicted molar refractivity (Wildman–Crippen MR) is 102 cm³/mol. The van der Waals surface area contributed by atoms with Gasteiger partial charge in [0.2, 0.25) is 6.10 Å². The van der Waals surface area contributed by atoms with Crippen LogP contribution in [0.1, 0.15) is 24.5 Å². The minimum atomic E-state index is -3.10. The quantitative estimate of drug-likeness (QED) is 0.747. The third-order valence-corrected chi connectivity index (χ3v) is 6.32. The lowest BCUT2D eigenvalue weighted by Gasteiger charge is -2.19. The Bertz CT molecular complexity index is 944. The summed E-state index contributed by atoms with van der Waals surface area (Å²) in [7, 11) is -3.10. The molecule has 2 aromatic rings. The van der Waals surface area contributed by atoms with Gasteiger partial charge >= 0.3 is 5.97 Å². The molecule has 1 aliphatic rings. The van der Waals surface area contributed by atoms with Gasteiger partial charge in [0.25, 0.3) is 5.91 Å². The van der Waals surface area contributed by atoms with E-state index < -0.39 is 33.6 Å². The zero-order chi connectivity index (χ0) is 20.1. The molecule has 1 N–H and O–H groups in total. The van der Waals surface area contributed by atoms with Gasteiger partial charge in [0.05, 0.1) is 11.5 Å². The van der Waals surface area contributed by atoms with Gasteiger partial charge in [-0.3, -0.25) is 9.59 Å². The molecule has 0 bridgehead atoms. The van der Waals surface area contributed by atoms with E-state index in [0.717, 1.165) is 0 Å². The number of ether oxygens (including phenoxy) is 1. The van der Waals surface area contributed by atoms with E-state index in [0.29, 0.717) is 17.7 Å². The highest BCUT2D eigenvalue weighted by molar-refractivity contribution is 7.91. The fourth-order valence-corrected chi connectivity index (χ4v) is 4.95. The van der Waals surface area contributed by atoms with Crippen LogP contribution in [0.2, 0.25) is 0 Å². The molecule has 0 aromatic heterocycles. The summed E-state index contributed by atoms with van der Waals surface area (Å²) in [6, 6.07) is 13.7. The molecule has 6 nitrogen and oxygen atoms in total. The summed E-state index contributed by atoms with van der Waals surface area (Å²) in [5, 5.41) is 2.60. The number of carbonyl (C=O) groups is 2. The van der Waals surface area contributed by atoms with Crippen molar-refractivity contribution in [2.75, 3.05) is 16.8 Å². The molecule has 1 fully saturated rings. The number of hydrogen-bond donors (Lipinski definition) is 1. The van der Waals surface area contributed by atoms with Crippen LogP contribution >= 0.6 is 0 Å². The molecule has 148 valence electrons. The number of amides is 1. The summed E-state index contributed by atoms with van der Waals surface area (Å²) < 4.78 is 41.6. The second-order valence-corrected chi connectivity index (χ2v) is 8.98. The van der Waals surface area contributed by atoms with Crippen molar-refractivity contribution in [3.05, 3.63) is 66.0 Å². The summed E-state index contributed by atoms with van der Waals surface area (Å²) in [6.45, 7) is 0. The average Bonchev–Trinajstić information content (AvgIpc) is 3.00. The van der Waals surface area contributed by atoms with Crippen molar-refractivity contribution in [2.24, 2.45) is 5.92 Å². The third-order valence-electron chi connectivity index (χ3n) is 4.48. The van der Waals surface area contributed by atoms with Gasteiger partial charge in [-0.2, -0.15) is 0 Å². The molecule has 0 saturated carbocycles. The Morgan fingerprint density at radius 3 is 2.39 bits per heavy atom. The highest BCUT2D eigenvalue weighted by atomic mass is 32.2. The number of benzene rings is 2. The minimum Gasteiger partial charge on any atom is -0.447 e. The molecule has 0 unspecified atom stereocenters. The number of hydrogen-bond acceptors (Lipinski definition) is 5. The zero-order valence-electron chi connectivity index (χ0n) is 15.0. The van der Waals surface area contributed by atoms with Gasteiger partial charge in [0, 0.05) is 17.7 Å². The second kappa shape index (κ2) is 8.52. The Hall–Kier alpha value is -2.74. The number of anilines is 1. The molecule has 0 radical (unpaired) electrons. The number of nitrogens with one attached hydrogen (secondary N) is 1. The molecule has 2 aromatic carbocycles. The van der Waals surface area contributed by atoms with E-state index in [4.69, 9.17) is 4.74 Å². The van der Waals surface area contributed by atoms with Crippen LogP contribution in [0, 0.1) is 11.7 Å². The van der Waals surface area contributed by atoms with E-state index >= 15 is 0 Å². The molecule has 1 saturated heterocycles. The molecule has 0 aliphatic carbocycles. The minimum absolute atomic E-state index is 0.0418. The lowest BCUT2D eigenvalue weighted by atomic mass is 10.1. The Balaban J connectivity index is 1.71. The van der Waals surface area contributed by atoms with Crippen molar-refractivity contribution in [3.8, 4) is 0 Å². The molecule has 1 heterocycles. The van der Waals surface area contributed by atoms with Crippen molar-refractivity contribution in [1.82, 2.24) is 0 Å². The maximum atomic E-state index is 13.0. The topological polar surface area (TPSA) is 89.5 Å². The first-order valence-electron chi connectivity index (χ1n) is 8.84. The van der Waals surface area contributed by atoms with Gasteiger partial charge in [-0.1, -0.05) is 30.3 Å². The Morgan fingerprint density at radius 1 is 1.11 bits per heavy atom. The van der Waals surface area contributed by atoms with Crippen molar-refractivity contribution in [2.45, 2.75) is 18.9 Å². The maximum Gasteiger partial charge on any atom is 0.307 e. The number of carbonyl (C=O) groups excluding carboxylic acids is 2. The summed E-state index contributed by atoms with van der Waals surface area (Å²) in [4.78, 5) is 25.0. The Morgan fingerprint density at radius 2 is 1.79 bits per heavy atom. The molecule has 0 spiro atoms.